The van der Waals surface area contributed by atoms with Crippen LogP contribution in [-0.4, -0.2) is 26.2 Å². The van der Waals surface area contributed by atoms with Crippen molar-refractivity contribution in [2.24, 2.45) is 5.92 Å². The molecular weight excluding hydrogens is 340 g/mol. The van der Waals surface area contributed by atoms with Crippen molar-refractivity contribution in [2.75, 3.05) is 26.2 Å². The molecule has 28 heavy (non-hydrogen) atoms. The van der Waals surface area contributed by atoms with E-state index in [9.17, 15) is 0 Å². The zero-order chi connectivity index (χ0) is 18.6. The Kier molecular flexibility index (Phi) is 4.13. The molecule has 4 aliphatic rings. The molecule has 0 aromatic heterocycles. The summed E-state index contributed by atoms with van der Waals surface area (Å²) in [6, 6.07) is 16.9. The third-order valence-electron chi connectivity index (χ3n) is 8.52. The Hall–Kier alpha value is -1.64. The highest BCUT2D eigenvalue weighted by Crippen LogP contribution is 2.52. The van der Waals surface area contributed by atoms with Crippen molar-refractivity contribution in [2.45, 2.75) is 55.8 Å². The second kappa shape index (κ2) is 6.71. The average Bonchev–Trinajstić information content (AvgIpc) is 3.12. The Labute approximate surface area is 169 Å². The van der Waals surface area contributed by atoms with Crippen LogP contribution in [0.3, 0.4) is 0 Å². The Bertz CT molecular complexity index is 884. The normalized spacial score (nSPS) is 33.9. The molecule has 2 aromatic carbocycles. The molecule has 146 valence electrons. The SMILES string of the molecule is c1ccc2c(c1)CCC21CCNCC1c1ccc2c(c1)[C@H]1CCNC[C@@H]1CC2. The van der Waals surface area contributed by atoms with Gasteiger partial charge in [0.25, 0.3) is 0 Å². The van der Waals surface area contributed by atoms with E-state index in [-0.39, 0.29) is 0 Å². The first kappa shape index (κ1) is 17.2. The van der Waals surface area contributed by atoms with Crippen molar-refractivity contribution >= 4 is 0 Å². The Morgan fingerprint density at radius 2 is 1.75 bits per heavy atom. The first-order valence-electron chi connectivity index (χ1n) is 11.5. The summed E-state index contributed by atoms with van der Waals surface area (Å²) < 4.78 is 0. The molecule has 6 rings (SSSR count). The molecule has 2 heteroatoms. The Morgan fingerprint density at radius 1 is 0.821 bits per heavy atom. The van der Waals surface area contributed by atoms with Crippen LogP contribution in [0.1, 0.15) is 65.3 Å². The number of hydrogen-bond donors (Lipinski definition) is 2. The van der Waals surface area contributed by atoms with Crippen LogP contribution in [0.2, 0.25) is 0 Å². The van der Waals surface area contributed by atoms with Crippen LogP contribution < -0.4 is 10.6 Å². The van der Waals surface area contributed by atoms with Gasteiger partial charge in [0.2, 0.25) is 0 Å². The van der Waals surface area contributed by atoms with Gasteiger partial charge in [0.15, 0.2) is 0 Å². The first-order valence-corrected chi connectivity index (χ1v) is 11.5. The Balaban J connectivity index is 1.42. The zero-order valence-electron chi connectivity index (χ0n) is 16.8. The zero-order valence-corrected chi connectivity index (χ0v) is 16.8. The summed E-state index contributed by atoms with van der Waals surface area (Å²) in [4.78, 5) is 0. The van der Waals surface area contributed by atoms with Crippen molar-refractivity contribution in [3.63, 3.8) is 0 Å². The van der Waals surface area contributed by atoms with Crippen LogP contribution in [0.25, 0.3) is 0 Å². The number of aryl methyl sites for hydroxylation is 2. The van der Waals surface area contributed by atoms with Gasteiger partial charge in [0.1, 0.15) is 0 Å². The highest BCUT2D eigenvalue weighted by Gasteiger charge is 2.47. The lowest BCUT2D eigenvalue weighted by Gasteiger charge is -2.44. The van der Waals surface area contributed by atoms with Crippen LogP contribution >= 0.6 is 0 Å². The molecule has 2 aliphatic carbocycles. The van der Waals surface area contributed by atoms with Gasteiger partial charge in [-0.3, -0.25) is 0 Å². The van der Waals surface area contributed by atoms with Crippen LogP contribution in [0, 0.1) is 5.92 Å². The predicted molar refractivity (Wildman–Crippen MR) is 115 cm³/mol. The van der Waals surface area contributed by atoms with E-state index in [4.69, 9.17) is 0 Å². The molecule has 0 saturated carbocycles. The van der Waals surface area contributed by atoms with E-state index in [0.29, 0.717) is 11.3 Å². The largest absolute Gasteiger partial charge is 0.316 e. The fourth-order valence-electron chi connectivity index (χ4n) is 7.08. The first-order chi connectivity index (χ1) is 13.9. The molecule has 0 bridgehead atoms. The van der Waals surface area contributed by atoms with E-state index in [1.165, 1.54) is 51.6 Å². The standard InChI is InChI=1S/C26H32N2/c1-2-4-24-19(3-1)9-11-26(24)12-14-28-17-25(26)20-7-5-18-6-8-21-16-27-13-10-22(21)23(18)15-20/h1-5,7,15,21-22,25,27-28H,6,8-14,16-17H2/t21-,22-,25?,26?/m0/s1. The van der Waals surface area contributed by atoms with Crippen LogP contribution in [0.4, 0.5) is 0 Å². The topological polar surface area (TPSA) is 24.1 Å². The average molecular weight is 373 g/mol. The molecule has 2 heterocycles. The van der Waals surface area contributed by atoms with Crippen LogP contribution in [-0.2, 0) is 18.3 Å². The fourth-order valence-corrected chi connectivity index (χ4v) is 7.08. The molecule has 1 spiro atoms. The van der Waals surface area contributed by atoms with E-state index < -0.39 is 0 Å². The highest BCUT2D eigenvalue weighted by atomic mass is 14.9. The van der Waals surface area contributed by atoms with Crippen molar-refractivity contribution in [3.8, 4) is 0 Å². The quantitative estimate of drug-likeness (QED) is 0.780. The lowest BCUT2D eigenvalue weighted by Crippen LogP contribution is -2.45. The minimum absolute atomic E-state index is 0.346. The van der Waals surface area contributed by atoms with Gasteiger partial charge in [0, 0.05) is 17.9 Å². The van der Waals surface area contributed by atoms with Gasteiger partial charge in [-0.05, 0) is 97.8 Å². The minimum Gasteiger partial charge on any atom is -0.316 e. The van der Waals surface area contributed by atoms with E-state index in [2.05, 4.69) is 53.1 Å². The summed E-state index contributed by atoms with van der Waals surface area (Å²) >= 11 is 0. The molecule has 4 atom stereocenters. The number of benzene rings is 2. The molecule has 2 unspecified atom stereocenters. The van der Waals surface area contributed by atoms with Gasteiger partial charge in [-0.2, -0.15) is 0 Å². The molecule has 2 aromatic rings. The van der Waals surface area contributed by atoms with Crippen molar-refractivity contribution in [1.29, 1.82) is 0 Å². The summed E-state index contributed by atoms with van der Waals surface area (Å²) in [7, 11) is 0. The fraction of sp³-hybridized carbons (Fsp3) is 0.538. The lowest BCUT2D eigenvalue weighted by molar-refractivity contribution is 0.260. The van der Waals surface area contributed by atoms with Gasteiger partial charge in [-0.1, -0.05) is 42.5 Å². The van der Waals surface area contributed by atoms with E-state index in [1.54, 1.807) is 27.8 Å². The van der Waals surface area contributed by atoms with Crippen molar-refractivity contribution < 1.29 is 0 Å². The number of piperidine rings is 2. The molecule has 2 nitrogen and oxygen atoms in total. The predicted octanol–water partition coefficient (Wildman–Crippen LogP) is 4.29. The van der Waals surface area contributed by atoms with Crippen LogP contribution in [0.15, 0.2) is 42.5 Å². The molecule has 2 saturated heterocycles. The molecule has 0 radical (unpaired) electrons. The smallest absolute Gasteiger partial charge is 0.00612 e. The summed E-state index contributed by atoms with van der Waals surface area (Å²) in [6.07, 6.45) is 7.82. The molecule has 2 aliphatic heterocycles. The van der Waals surface area contributed by atoms with Crippen LogP contribution in [0.5, 0.6) is 0 Å². The number of rotatable bonds is 1. The van der Waals surface area contributed by atoms with Crippen molar-refractivity contribution in [3.05, 3.63) is 70.3 Å². The second-order valence-electron chi connectivity index (χ2n) is 9.68. The third kappa shape index (κ3) is 2.54. The van der Waals surface area contributed by atoms with Gasteiger partial charge < -0.3 is 10.6 Å². The number of hydrogen-bond acceptors (Lipinski definition) is 2. The van der Waals surface area contributed by atoms with E-state index in [0.717, 1.165) is 24.9 Å². The molecule has 0 amide bonds. The van der Waals surface area contributed by atoms with E-state index >= 15 is 0 Å². The summed E-state index contributed by atoms with van der Waals surface area (Å²) in [5.41, 5.74) is 8.53. The summed E-state index contributed by atoms with van der Waals surface area (Å²) in [6.45, 7) is 4.69. The molecule has 2 N–H and O–H groups in total. The molecule has 2 fully saturated rings. The maximum atomic E-state index is 3.74. The molecular formula is C26H32N2. The maximum Gasteiger partial charge on any atom is 0.00612 e. The Morgan fingerprint density at radius 3 is 2.75 bits per heavy atom. The monoisotopic (exact) mass is 372 g/mol. The van der Waals surface area contributed by atoms with E-state index in [1.807, 2.05) is 0 Å². The summed E-state index contributed by atoms with van der Waals surface area (Å²) in [5, 5.41) is 7.38. The lowest BCUT2D eigenvalue weighted by atomic mass is 9.63. The van der Waals surface area contributed by atoms with Gasteiger partial charge >= 0.3 is 0 Å². The maximum absolute atomic E-state index is 3.74. The van der Waals surface area contributed by atoms with Gasteiger partial charge in [-0.15, -0.1) is 0 Å². The van der Waals surface area contributed by atoms with Gasteiger partial charge in [-0.25, -0.2) is 0 Å². The van der Waals surface area contributed by atoms with Crippen molar-refractivity contribution in [1.82, 2.24) is 10.6 Å². The number of fused-ring (bicyclic) bond motifs is 5. The number of nitrogens with one attached hydrogen (secondary N) is 2. The van der Waals surface area contributed by atoms with Gasteiger partial charge in [0.05, 0.1) is 0 Å². The summed E-state index contributed by atoms with van der Waals surface area (Å²) in [5.74, 6) is 2.24. The highest BCUT2D eigenvalue weighted by molar-refractivity contribution is 5.47. The second-order valence-corrected chi connectivity index (χ2v) is 9.68. The third-order valence-corrected chi connectivity index (χ3v) is 8.52. The minimum atomic E-state index is 0.346.